The number of aromatic nitrogens is 3. The van der Waals surface area contributed by atoms with Crippen LogP contribution < -0.4 is 4.90 Å². The average Bonchev–Trinajstić information content (AvgIpc) is 3.22. The van der Waals surface area contributed by atoms with Crippen LogP contribution in [0, 0.1) is 0 Å². The Hall–Kier alpha value is -2.08. The molecule has 0 spiro atoms. The van der Waals surface area contributed by atoms with Crippen LogP contribution in [0.5, 0.6) is 0 Å². The van der Waals surface area contributed by atoms with E-state index in [1.807, 2.05) is 0 Å². The number of hydrogen-bond donors (Lipinski definition) is 0. The summed E-state index contributed by atoms with van der Waals surface area (Å²) in [5.74, 6) is 2.21. The number of ether oxygens (including phenoxy) is 1. The van der Waals surface area contributed by atoms with E-state index in [0.29, 0.717) is 38.7 Å². The van der Waals surface area contributed by atoms with E-state index in [-0.39, 0.29) is 4.90 Å². The lowest BCUT2D eigenvalue weighted by atomic mass is 10.3. The highest BCUT2D eigenvalue weighted by Gasteiger charge is 2.27. The van der Waals surface area contributed by atoms with Crippen LogP contribution in [0.25, 0.3) is 0 Å². The number of anilines is 1. The van der Waals surface area contributed by atoms with Gasteiger partial charge in [-0.2, -0.15) is 9.29 Å². The molecule has 0 saturated carbocycles. The molecule has 30 heavy (non-hydrogen) atoms. The Kier molecular flexibility index (Phi) is 6.61. The average molecular weight is 437 g/mol. The van der Waals surface area contributed by atoms with Crippen LogP contribution in [0.15, 0.2) is 27.7 Å². The fourth-order valence-electron chi connectivity index (χ4n) is 3.65. The summed E-state index contributed by atoms with van der Waals surface area (Å²) < 4.78 is 37.5. The van der Waals surface area contributed by atoms with Gasteiger partial charge in [0.25, 0.3) is 0 Å². The minimum Gasteiger partial charge on any atom is -0.379 e. The van der Waals surface area contributed by atoms with Gasteiger partial charge in [0.05, 0.1) is 19.8 Å². The second kappa shape index (κ2) is 9.38. The first kappa shape index (κ1) is 21.2. The lowest BCUT2D eigenvalue weighted by Crippen LogP contribution is -2.46. The van der Waals surface area contributed by atoms with Gasteiger partial charge < -0.3 is 14.2 Å². The number of sulfonamides is 1. The van der Waals surface area contributed by atoms with Gasteiger partial charge in [0.15, 0.2) is 5.82 Å². The van der Waals surface area contributed by atoms with E-state index in [1.165, 1.54) is 10.5 Å². The van der Waals surface area contributed by atoms with E-state index in [9.17, 15) is 8.42 Å². The first-order valence-electron chi connectivity index (χ1n) is 10.4. The third-order valence-electron chi connectivity index (χ3n) is 5.37. The van der Waals surface area contributed by atoms with Gasteiger partial charge in [-0.25, -0.2) is 13.4 Å². The largest absolute Gasteiger partial charge is 0.379 e. The van der Waals surface area contributed by atoms with Crippen molar-refractivity contribution in [1.29, 1.82) is 0 Å². The van der Waals surface area contributed by atoms with Crippen LogP contribution in [-0.4, -0.2) is 85.2 Å². The molecule has 2 saturated heterocycles. The quantitative estimate of drug-likeness (QED) is 0.622. The summed E-state index contributed by atoms with van der Waals surface area (Å²) in [6, 6.07) is 3.44. The normalized spacial score (nSPS) is 19.3. The summed E-state index contributed by atoms with van der Waals surface area (Å²) >= 11 is 0. The molecule has 4 heterocycles. The van der Waals surface area contributed by atoms with Gasteiger partial charge in [0.1, 0.15) is 10.7 Å². The first-order chi connectivity index (χ1) is 14.6. The van der Waals surface area contributed by atoms with Crippen LogP contribution in [0.4, 0.5) is 5.82 Å². The molecular formula is C19H28N6O4S. The van der Waals surface area contributed by atoms with Gasteiger partial charge >= 0.3 is 0 Å². The minimum absolute atomic E-state index is 0.228. The van der Waals surface area contributed by atoms with Gasteiger partial charge in [-0.05, 0) is 18.6 Å². The summed E-state index contributed by atoms with van der Waals surface area (Å²) in [6.45, 7) is 7.66. The molecule has 0 bridgehead atoms. The summed E-state index contributed by atoms with van der Waals surface area (Å²) in [4.78, 5) is 13.5. The van der Waals surface area contributed by atoms with Crippen molar-refractivity contribution in [1.82, 2.24) is 24.3 Å². The molecule has 11 heteroatoms. The molecule has 0 amide bonds. The molecule has 4 rings (SSSR count). The Morgan fingerprint density at radius 3 is 2.50 bits per heavy atom. The van der Waals surface area contributed by atoms with E-state index < -0.39 is 10.0 Å². The predicted octanol–water partition coefficient (Wildman–Crippen LogP) is 0.760. The van der Waals surface area contributed by atoms with Crippen LogP contribution >= 0.6 is 0 Å². The van der Waals surface area contributed by atoms with Crippen molar-refractivity contribution in [2.24, 2.45) is 0 Å². The first-order valence-corrected chi connectivity index (χ1v) is 11.8. The van der Waals surface area contributed by atoms with E-state index in [2.05, 4.69) is 31.8 Å². The smallest absolute Gasteiger partial charge is 0.244 e. The molecule has 0 atom stereocenters. The number of piperazine rings is 1. The maximum Gasteiger partial charge on any atom is 0.244 e. The maximum absolute atomic E-state index is 12.7. The molecule has 0 aliphatic carbocycles. The van der Waals surface area contributed by atoms with Crippen LogP contribution in [0.3, 0.4) is 0 Å². The second-order valence-corrected chi connectivity index (χ2v) is 9.42. The van der Waals surface area contributed by atoms with Gasteiger partial charge in [0.2, 0.25) is 15.9 Å². The Morgan fingerprint density at radius 2 is 1.83 bits per heavy atom. The van der Waals surface area contributed by atoms with Crippen molar-refractivity contribution < 1.29 is 17.7 Å². The van der Waals surface area contributed by atoms with Gasteiger partial charge in [-0.1, -0.05) is 12.1 Å². The molecule has 2 aromatic heterocycles. The summed E-state index contributed by atoms with van der Waals surface area (Å²) in [5, 5.41) is 4.00. The topological polar surface area (TPSA) is 105 Å². The van der Waals surface area contributed by atoms with E-state index in [1.54, 1.807) is 12.1 Å². The lowest BCUT2D eigenvalue weighted by Gasteiger charge is -2.34. The number of hydrogen-bond acceptors (Lipinski definition) is 9. The second-order valence-electron chi connectivity index (χ2n) is 7.49. The molecule has 0 radical (unpaired) electrons. The standard InChI is InChI=1S/C19H28N6O4S/c1-2-3-17-21-19(29-22-17)15-23-6-8-24(9-7-23)18-5-4-16(14-20-18)30(26,27)25-10-12-28-13-11-25/h4-5,14H,2-3,6-13,15H2,1H3. The monoisotopic (exact) mass is 436 g/mol. The molecule has 0 unspecified atom stereocenters. The molecule has 2 fully saturated rings. The fraction of sp³-hybridized carbons (Fsp3) is 0.632. The molecule has 0 aromatic carbocycles. The summed E-state index contributed by atoms with van der Waals surface area (Å²) in [6.07, 6.45) is 3.29. The predicted molar refractivity (Wildman–Crippen MR) is 110 cm³/mol. The van der Waals surface area contributed by atoms with Crippen molar-refractivity contribution in [2.75, 3.05) is 57.4 Å². The SMILES string of the molecule is CCCc1noc(CN2CCN(c3ccc(S(=O)(=O)N4CCOCC4)cn3)CC2)n1. The highest BCUT2D eigenvalue weighted by molar-refractivity contribution is 7.89. The van der Waals surface area contributed by atoms with Crippen molar-refractivity contribution in [2.45, 2.75) is 31.2 Å². The maximum atomic E-state index is 12.7. The van der Waals surface area contributed by atoms with Crippen LogP contribution in [0.2, 0.25) is 0 Å². The molecule has 0 N–H and O–H groups in total. The van der Waals surface area contributed by atoms with E-state index in [0.717, 1.165) is 50.7 Å². The van der Waals surface area contributed by atoms with Gasteiger partial charge in [-0.15, -0.1) is 0 Å². The minimum atomic E-state index is -3.51. The van der Waals surface area contributed by atoms with Gasteiger partial charge in [0, 0.05) is 51.9 Å². The summed E-state index contributed by atoms with van der Waals surface area (Å²) in [5.41, 5.74) is 0. The highest BCUT2D eigenvalue weighted by atomic mass is 32.2. The Labute approximate surface area is 176 Å². The number of rotatable bonds is 7. The zero-order valence-electron chi connectivity index (χ0n) is 17.2. The molecule has 10 nitrogen and oxygen atoms in total. The van der Waals surface area contributed by atoms with Crippen molar-refractivity contribution in [3.8, 4) is 0 Å². The van der Waals surface area contributed by atoms with Gasteiger partial charge in [-0.3, -0.25) is 4.90 Å². The summed E-state index contributed by atoms with van der Waals surface area (Å²) in [7, 11) is -3.51. The Balaban J connectivity index is 1.32. The fourth-order valence-corrected chi connectivity index (χ4v) is 5.01. The zero-order chi connectivity index (χ0) is 21.0. The van der Waals surface area contributed by atoms with E-state index in [4.69, 9.17) is 9.26 Å². The number of morpholine rings is 1. The third-order valence-corrected chi connectivity index (χ3v) is 7.25. The van der Waals surface area contributed by atoms with Crippen molar-refractivity contribution in [3.63, 3.8) is 0 Å². The molecule has 2 aliphatic heterocycles. The molecular weight excluding hydrogens is 408 g/mol. The van der Waals surface area contributed by atoms with E-state index >= 15 is 0 Å². The number of pyridine rings is 1. The van der Waals surface area contributed by atoms with Crippen LogP contribution in [-0.2, 0) is 27.7 Å². The Bertz CT molecular complexity index is 919. The highest BCUT2D eigenvalue weighted by Crippen LogP contribution is 2.20. The molecule has 2 aromatic rings. The van der Waals surface area contributed by atoms with Crippen molar-refractivity contribution in [3.05, 3.63) is 30.0 Å². The van der Waals surface area contributed by atoms with Crippen LogP contribution in [0.1, 0.15) is 25.1 Å². The zero-order valence-corrected chi connectivity index (χ0v) is 18.1. The lowest BCUT2D eigenvalue weighted by molar-refractivity contribution is 0.0730. The van der Waals surface area contributed by atoms with Crippen molar-refractivity contribution >= 4 is 15.8 Å². The third kappa shape index (κ3) is 4.80. The Morgan fingerprint density at radius 1 is 1.07 bits per heavy atom. The number of nitrogens with zero attached hydrogens (tertiary/aromatic N) is 6. The number of aryl methyl sites for hydroxylation is 1. The molecule has 2 aliphatic rings. The molecule has 164 valence electrons.